The van der Waals surface area contributed by atoms with E-state index in [1.165, 1.54) is 44.9 Å². The van der Waals surface area contributed by atoms with Crippen molar-refractivity contribution in [2.45, 2.75) is 155 Å². The molecule has 0 aromatic carbocycles. The summed E-state index contributed by atoms with van der Waals surface area (Å²) < 4.78 is 0. The molecule has 0 nitrogen and oxygen atoms in total. The van der Waals surface area contributed by atoms with Crippen molar-refractivity contribution in [2.75, 3.05) is 0 Å². The highest BCUT2D eigenvalue weighted by Gasteiger charge is 2.29. The van der Waals surface area contributed by atoms with Crippen molar-refractivity contribution < 1.29 is 0 Å². The van der Waals surface area contributed by atoms with Gasteiger partial charge >= 0.3 is 0 Å². The average molecular weight is 417 g/mol. The predicted octanol–water partition coefficient (Wildman–Crippen LogP) is 10.3. The molecule has 0 spiro atoms. The summed E-state index contributed by atoms with van der Waals surface area (Å²) in [5.41, 5.74) is 0. The van der Waals surface area contributed by atoms with Crippen molar-refractivity contribution in [2.24, 2.45) is 35.5 Å². The van der Waals surface area contributed by atoms with Crippen LogP contribution in [0.2, 0.25) is 0 Å². The fourth-order valence-electron chi connectivity index (χ4n) is 7.60. The molecule has 0 heteroatoms. The van der Waals surface area contributed by atoms with E-state index in [0.717, 1.165) is 35.5 Å². The van der Waals surface area contributed by atoms with E-state index in [1.807, 2.05) is 0 Å². The maximum atomic E-state index is 2.37. The minimum Gasteiger partial charge on any atom is -0.0654 e. The Balaban J connectivity index is 1.22. The summed E-state index contributed by atoms with van der Waals surface area (Å²) >= 11 is 0. The summed E-state index contributed by atoms with van der Waals surface area (Å²) in [5, 5.41) is 0. The summed E-state index contributed by atoms with van der Waals surface area (Å²) in [6, 6.07) is 0. The third-order valence-corrected chi connectivity index (χ3v) is 9.65. The maximum absolute atomic E-state index is 2.37. The van der Waals surface area contributed by atoms with E-state index in [9.17, 15) is 0 Å². The molecule has 0 saturated heterocycles. The van der Waals surface area contributed by atoms with Crippen molar-refractivity contribution in [3.05, 3.63) is 0 Å². The van der Waals surface area contributed by atoms with Gasteiger partial charge in [0.1, 0.15) is 0 Å². The zero-order chi connectivity index (χ0) is 21.0. The van der Waals surface area contributed by atoms with Gasteiger partial charge in [-0.1, -0.05) is 142 Å². The fraction of sp³-hybridized carbons (Fsp3) is 1.00. The Kier molecular flexibility index (Phi) is 11.7. The number of unbranched alkanes of at least 4 members (excludes halogenated alkanes) is 4. The van der Waals surface area contributed by atoms with E-state index >= 15 is 0 Å². The van der Waals surface area contributed by atoms with Gasteiger partial charge in [0, 0.05) is 0 Å². The first-order valence-electron chi connectivity index (χ1n) is 14.8. The second kappa shape index (κ2) is 14.2. The zero-order valence-corrected chi connectivity index (χ0v) is 21.0. The van der Waals surface area contributed by atoms with E-state index in [4.69, 9.17) is 0 Å². The van der Waals surface area contributed by atoms with Crippen LogP contribution in [0.5, 0.6) is 0 Å². The molecule has 3 aliphatic rings. The molecule has 0 aromatic heterocycles. The second-order valence-electron chi connectivity index (χ2n) is 12.1. The molecule has 0 bridgehead atoms. The second-order valence-corrected chi connectivity index (χ2v) is 12.1. The van der Waals surface area contributed by atoms with E-state index in [1.54, 1.807) is 96.3 Å². The molecule has 3 rings (SSSR count). The van der Waals surface area contributed by atoms with Gasteiger partial charge in [0.2, 0.25) is 0 Å². The third-order valence-electron chi connectivity index (χ3n) is 9.65. The van der Waals surface area contributed by atoms with Gasteiger partial charge in [-0.2, -0.15) is 0 Å². The van der Waals surface area contributed by atoms with Crippen molar-refractivity contribution >= 4 is 0 Å². The van der Waals surface area contributed by atoms with E-state index in [2.05, 4.69) is 13.8 Å². The van der Waals surface area contributed by atoms with E-state index < -0.39 is 0 Å². The van der Waals surface area contributed by atoms with Gasteiger partial charge in [0.05, 0.1) is 0 Å². The van der Waals surface area contributed by atoms with Crippen LogP contribution in [0, 0.1) is 35.5 Å². The van der Waals surface area contributed by atoms with Gasteiger partial charge < -0.3 is 0 Å². The van der Waals surface area contributed by atoms with Gasteiger partial charge in [-0.3, -0.25) is 0 Å². The van der Waals surface area contributed by atoms with Crippen molar-refractivity contribution in [1.82, 2.24) is 0 Å². The number of hydrogen-bond acceptors (Lipinski definition) is 0. The Labute approximate surface area is 190 Å². The highest BCUT2D eigenvalue weighted by atomic mass is 14.3. The molecule has 0 radical (unpaired) electrons. The normalized spacial score (nSPS) is 35.4. The van der Waals surface area contributed by atoms with E-state index in [-0.39, 0.29) is 0 Å². The molecule has 0 aromatic rings. The van der Waals surface area contributed by atoms with Crippen LogP contribution in [-0.4, -0.2) is 0 Å². The summed E-state index contributed by atoms with van der Waals surface area (Å²) in [4.78, 5) is 0. The molecule has 0 aliphatic heterocycles. The van der Waals surface area contributed by atoms with E-state index in [0.29, 0.717) is 0 Å². The lowest BCUT2D eigenvalue weighted by Crippen LogP contribution is -2.23. The minimum atomic E-state index is 1.08. The number of hydrogen-bond donors (Lipinski definition) is 0. The highest BCUT2D eigenvalue weighted by Crippen LogP contribution is 2.42. The van der Waals surface area contributed by atoms with Crippen LogP contribution in [0.1, 0.15) is 155 Å². The lowest BCUT2D eigenvalue weighted by molar-refractivity contribution is 0.161. The summed E-state index contributed by atoms with van der Waals surface area (Å²) in [7, 11) is 0. The van der Waals surface area contributed by atoms with Crippen LogP contribution in [0.3, 0.4) is 0 Å². The fourth-order valence-corrected chi connectivity index (χ4v) is 7.60. The Morgan fingerprint density at radius 3 is 1.13 bits per heavy atom. The molecule has 0 atom stereocenters. The molecule has 0 unspecified atom stereocenters. The monoisotopic (exact) mass is 416 g/mol. The quantitative estimate of drug-likeness (QED) is 0.277. The first-order chi connectivity index (χ1) is 14.8. The van der Waals surface area contributed by atoms with Gasteiger partial charge in [-0.15, -0.1) is 0 Å². The smallest absolute Gasteiger partial charge is 0.0411 e. The molecule has 3 fully saturated rings. The van der Waals surface area contributed by atoms with Crippen LogP contribution in [0.25, 0.3) is 0 Å². The molecular formula is C30H56. The Hall–Kier alpha value is 0. The SMILES string of the molecule is CCCCCCCC1CCC(CC2CCC(CC3CCC(CCC)CC3)CC2)CC1. The minimum absolute atomic E-state index is 1.08. The molecule has 0 heterocycles. The Morgan fingerprint density at radius 1 is 0.367 bits per heavy atom. The largest absolute Gasteiger partial charge is 0.0654 e. The van der Waals surface area contributed by atoms with Crippen LogP contribution < -0.4 is 0 Å². The Bertz CT molecular complexity index is 402. The summed E-state index contributed by atoms with van der Waals surface area (Å²) in [5.74, 6) is 6.55. The van der Waals surface area contributed by atoms with Gasteiger partial charge in [0.15, 0.2) is 0 Å². The van der Waals surface area contributed by atoms with Gasteiger partial charge in [0.25, 0.3) is 0 Å². The van der Waals surface area contributed by atoms with Crippen molar-refractivity contribution in [1.29, 1.82) is 0 Å². The average Bonchev–Trinajstić information content (AvgIpc) is 2.78. The molecule has 176 valence electrons. The van der Waals surface area contributed by atoms with Crippen LogP contribution in [-0.2, 0) is 0 Å². The van der Waals surface area contributed by atoms with Crippen molar-refractivity contribution in [3.8, 4) is 0 Å². The first kappa shape index (κ1) is 24.6. The Morgan fingerprint density at radius 2 is 0.733 bits per heavy atom. The molecule has 30 heavy (non-hydrogen) atoms. The van der Waals surface area contributed by atoms with Crippen LogP contribution in [0.15, 0.2) is 0 Å². The third kappa shape index (κ3) is 8.86. The molecule has 0 amide bonds. The standard InChI is InChI=1S/C30H56/c1-3-5-6-7-8-10-26-13-17-28(18-14-26)24-30-21-19-29(20-22-30)23-27-15-11-25(9-4-2)12-16-27/h25-30H,3-24H2,1-2H3. The lowest BCUT2D eigenvalue weighted by atomic mass is 9.70. The summed E-state index contributed by atoms with van der Waals surface area (Å²) in [6.07, 6.45) is 33.8. The van der Waals surface area contributed by atoms with Crippen molar-refractivity contribution in [3.63, 3.8) is 0 Å². The molecular weight excluding hydrogens is 360 g/mol. The predicted molar refractivity (Wildman–Crippen MR) is 134 cm³/mol. The highest BCUT2D eigenvalue weighted by molar-refractivity contribution is 4.81. The lowest BCUT2D eigenvalue weighted by Gasteiger charge is -2.36. The molecule has 0 N–H and O–H groups in total. The zero-order valence-electron chi connectivity index (χ0n) is 21.0. The number of rotatable bonds is 12. The van der Waals surface area contributed by atoms with Gasteiger partial charge in [-0.05, 0) is 48.3 Å². The van der Waals surface area contributed by atoms with Crippen LogP contribution in [0.4, 0.5) is 0 Å². The topological polar surface area (TPSA) is 0 Å². The molecule has 3 aliphatic carbocycles. The maximum Gasteiger partial charge on any atom is -0.0411 e. The summed E-state index contributed by atoms with van der Waals surface area (Å²) in [6.45, 7) is 4.69. The first-order valence-corrected chi connectivity index (χ1v) is 14.8. The molecule has 3 saturated carbocycles. The van der Waals surface area contributed by atoms with Gasteiger partial charge in [-0.25, -0.2) is 0 Å². The van der Waals surface area contributed by atoms with Crippen LogP contribution >= 0.6 is 0 Å².